The molecule has 2 rings (SSSR count). The van der Waals surface area contributed by atoms with Gasteiger partial charge in [0.15, 0.2) is 18.1 Å². The molecule has 0 heterocycles. The van der Waals surface area contributed by atoms with Crippen molar-refractivity contribution >= 4 is 12.1 Å². The molecule has 1 amide bonds. The first-order chi connectivity index (χ1) is 12.6. The first kappa shape index (κ1) is 19.3. The van der Waals surface area contributed by atoms with Crippen LogP contribution in [-0.2, 0) is 4.79 Å². The molecule has 0 spiro atoms. The summed E-state index contributed by atoms with van der Waals surface area (Å²) in [5.74, 6) is 1.61. The summed E-state index contributed by atoms with van der Waals surface area (Å²) >= 11 is 0. The third-order valence-electron chi connectivity index (χ3n) is 3.44. The highest BCUT2D eigenvalue weighted by Gasteiger charge is 2.05. The van der Waals surface area contributed by atoms with Gasteiger partial charge >= 0.3 is 0 Å². The van der Waals surface area contributed by atoms with Crippen LogP contribution in [-0.4, -0.2) is 32.4 Å². The van der Waals surface area contributed by atoms with Gasteiger partial charge in [0.25, 0.3) is 5.91 Å². The van der Waals surface area contributed by atoms with Crippen molar-refractivity contribution in [3.8, 4) is 17.2 Å². The summed E-state index contributed by atoms with van der Waals surface area (Å²) in [5.41, 5.74) is 4.35. The molecule has 0 bridgehead atoms. The van der Waals surface area contributed by atoms with E-state index in [0.29, 0.717) is 23.9 Å². The Hall–Kier alpha value is -3.02. The molecule has 0 saturated carbocycles. The number of carbonyl (C=O) groups excluding carboxylic acids is 1. The fourth-order valence-corrected chi connectivity index (χ4v) is 2.09. The van der Waals surface area contributed by atoms with E-state index in [4.69, 9.17) is 14.2 Å². The van der Waals surface area contributed by atoms with Crippen molar-refractivity contribution < 1.29 is 19.0 Å². The van der Waals surface area contributed by atoms with E-state index in [1.807, 2.05) is 50.2 Å². The van der Waals surface area contributed by atoms with Crippen molar-refractivity contribution in [2.45, 2.75) is 20.3 Å². The van der Waals surface area contributed by atoms with E-state index < -0.39 is 0 Å². The van der Waals surface area contributed by atoms with Crippen LogP contribution in [0.1, 0.15) is 24.5 Å². The van der Waals surface area contributed by atoms with E-state index in [9.17, 15) is 4.79 Å². The third-order valence-corrected chi connectivity index (χ3v) is 3.44. The average molecular weight is 356 g/mol. The van der Waals surface area contributed by atoms with E-state index >= 15 is 0 Å². The second kappa shape index (κ2) is 10.1. The number of nitrogens with zero attached hydrogens (tertiary/aromatic N) is 1. The predicted molar refractivity (Wildman–Crippen MR) is 101 cm³/mol. The summed E-state index contributed by atoms with van der Waals surface area (Å²) < 4.78 is 16.3. The van der Waals surface area contributed by atoms with Crippen molar-refractivity contribution in [3.05, 3.63) is 53.6 Å². The van der Waals surface area contributed by atoms with E-state index in [1.165, 1.54) is 6.21 Å². The molecule has 2 aromatic carbocycles. The Labute approximate surface area is 153 Å². The smallest absolute Gasteiger partial charge is 0.277 e. The minimum atomic E-state index is -0.336. The first-order valence-corrected chi connectivity index (χ1v) is 8.44. The third kappa shape index (κ3) is 6.12. The minimum absolute atomic E-state index is 0.104. The molecule has 0 unspecified atom stereocenters. The van der Waals surface area contributed by atoms with Gasteiger partial charge in [-0.3, -0.25) is 4.79 Å². The molecule has 0 fully saturated rings. The van der Waals surface area contributed by atoms with Crippen molar-refractivity contribution in [3.63, 3.8) is 0 Å². The number of hydrogen-bond donors (Lipinski definition) is 1. The lowest BCUT2D eigenvalue weighted by atomic mass is 10.2. The Morgan fingerprint density at radius 3 is 2.58 bits per heavy atom. The molecule has 0 radical (unpaired) electrons. The molecule has 6 nitrogen and oxygen atoms in total. The van der Waals surface area contributed by atoms with Crippen LogP contribution in [0.25, 0.3) is 0 Å². The van der Waals surface area contributed by atoms with Gasteiger partial charge < -0.3 is 14.2 Å². The van der Waals surface area contributed by atoms with Gasteiger partial charge in [-0.25, -0.2) is 5.43 Å². The topological polar surface area (TPSA) is 69.2 Å². The Bertz CT molecular complexity index is 742. The van der Waals surface area contributed by atoms with Crippen LogP contribution in [0.15, 0.2) is 47.6 Å². The second-order valence-electron chi connectivity index (χ2n) is 5.65. The van der Waals surface area contributed by atoms with Gasteiger partial charge in [0.05, 0.1) is 19.9 Å². The fourth-order valence-electron chi connectivity index (χ4n) is 2.09. The van der Waals surface area contributed by atoms with E-state index in [0.717, 1.165) is 17.5 Å². The monoisotopic (exact) mass is 356 g/mol. The highest BCUT2D eigenvalue weighted by molar-refractivity contribution is 5.83. The maximum Gasteiger partial charge on any atom is 0.277 e. The average Bonchev–Trinajstić information content (AvgIpc) is 2.66. The number of hydrogen-bond acceptors (Lipinski definition) is 5. The summed E-state index contributed by atoms with van der Waals surface area (Å²) in [6, 6.07) is 12.9. The Kier molecular flexibility index (Phi) is 7.49. The van der Waals surface area contributed by atoms with Crippen LogP contribution in [0.5, 0.6) is 17.2 Å². The molecular formula is C20H24N2O4. The molecule has 0 atom stereocenters. The van der Waals surface area contributed by atoms with Crippen LogP contribution in [0, 0.1) is 6.92 Å². The lowest BCUT2D eigenvalue weighted by Crippen LogP contribution is -2.24. The number of aryl methyl sites for hydroxylation is 1. The Balaban J connectivity index is 1.84. The summed E-state index contributed by atoms with van der Waals surface area (Å²) in [6.45, 7) is 4.55. The van der Waals surface area contributed by atoms with Crippen molar-refractivity contribution in [2.24, 2.45) is 5.10 Å². The SMILES string of the molecule is CCCOc1ccc(/C=N/NC(=O)COc2ccc(C)cc2)cc1OC. The quantitative estimate of drug-likeness (QED) is 0.553. The molecule has 138 valence electrons. The zero-order valence-corrected chi connectivity index (χ0v) is 15.3. The van der Waals surface area contributed by atoms with Gasteiger partial charge in [-0.15, -0.1) is 0 Å². The molecule has 26 heavy (non-hydrogen) atoms. The molecule has 1 N–H and O–H groups in total. The van der Waals surface area contributed by atoms with Gasteiger partial charge in [-0.2, -0.15) is 5.10 Å². The molecule has 0 aliphatic heterocycles. The number of amides is 1. The second-order valence-corrected chi connectivity index (χ2v) is 5.65. The highest BCUT2D eigenvalue weighted by Crippen LogP contribution is 2.27. The standard InChI is InChI=1S/C20H24N2O4/c1-4-11-25-18-10-7-16(12-19(18)24-3)13-21-22-20(23)14-26-17-8-5-15(2)6-9-17/h5-10,12-13H,4,11,14H2,1-3H3,(H,22,23)/b21-13+. The maximum atomic E-state index is 11.8. The van der Waals surface area contributed by atoms with E-state index in [1.54, 1.807) is 13.2 Å². The molecule has 0 saturated heterocycles. The van der Waals surface area contributed by atoms with Crippen molar-refractivity contribution in [1.29, 1.82) is 0 Å². The zero-order valence-electron chi connectivity index (χ0n) is 15.3. The van der Waals surface area contributed by atoms with Gasteiger partial charge in [0, 0.05) is 0 Å². The number of nitrogens with one attached hydrogen (secondary N) is 1. The number of methoxy groups -OCH3 is 1. The molecule has 2 aromatic rings. The van der Waals surface area contributed by atoms with Gasteiger partial charge in [0.1, 0.15) is 5.75 Å². The first-order valence-electron chi connectivity index (χ1n) is 8.44. The fraction of sp³-hybridized carbons (Fsp3) is 0.300. The number of benzene rings is 2. The Morgan fingerprint density at radius 1 is 1.12 bits per heavy atom. The number of carbonyl (C=O) groups is 1. The molecule has 0 aliphatic rings. The largest absolute Gasteiger partial charge is 0.493 e. The summed E-state index contributed by atoms with van der Waals surface area (Å²) in [5, 5.41) is 3.93. The van der Waals surface area contributed by atoms with Crippen LogP contribution in [0.3, 0.4) is 0 Å². The van der Waals surface area contributed by atoms with E-state index in [2.05, 4.69) is 10.5 Å². The van der Waals surface area contributed by atoms with Crippen molar-refractivity contribution in [1.82, 2.24) is 5.43 Å². The van der Waals surface area contributed by atoms with Gasteiger partial charge in [-0.05, 0) is 49.2 Å². The van der Waals surface area contributed by atoms with Crippen molar-refractivity contribution in [2.75, 3.05) is 20.3 Å². The lowest BCUT2D eigenvalue weighted by molar-refractivity contribution is -0.123. The zero-order chi connectivity index (χ0) is 18.8. The van der Waals surface area contributed by atoms with Crippen LogP contribution in [0.2, 0.25) is 0 Å². The maximum absolute atomic E-state index is 11.8. The molecule has 6 heteroatoms. The molecule has 0 aromatic heterocycles. The molecule has 0 aliphatic carbocycles. The van der Waals surface area contributed by atoms with Gasteiger partial charge in [-0.1, -0.05) is 24.6 Å². The Morgan fingerprint density at radius 2 is 1.88 bits per heavy atom. The summed E-state index contributed by atoms with van der Waals surface area (Å²) in [4.78, 5) is 11.8. The predicted octanol–water partition coefficient (Wildman–Crippen LogP) is 3.32. The van der Waals surface area contributed by atoms with E-state index in [-0.39, 0.29) is 12.5 Å². The molecular weight excluding hydrogens is 332 g/mol. The normalized spacial score (nSPS) is 10.6. The van der Waals surface area contributed by atoms with Crippen LogP contribution in [0.4, 0.5) is 0 Å². The van der Waals surface area contributed by atoms with Crippen LogP contribution < -0.4 is 19.6 Å². The van der Waals surface area contributed by atoms with Crippen LogP contribution >= 0.6 is 0 Å². The van der Waals surface area contributed by atoms with Gasteiger partial charge in [0.2, 0.25) is 0 Å². The number of rotatable bonds is 9. The summed E-state index contributed by atoms with van der Waals surface area (Å²) in [6.07, 6.45) is 2.46. The lowest BCUT2D eigenvalue weighted by Gasteiger charge is -2.10. The number of ether oxygens (including phenoxy) is 3. The number of hydrazone groups is 1. The minimum Gasteiger partial charge on any atom is -0.493 e. The highest BCUT2D eigenvalue weighted by atomic mass is 16.5. The summed E-state index contributed by atoms with van der Waals surface area (Å²) in [7, 11) is 1.58.